The summed E-state index contributed by atoms with van der Waals surface area (Å²) in [6.07, 6.45) is 1.62. The second-order valence-corrected chi connectivity index (χ2v) is 4.80. The molecule has 0 aromatic heterocycles. The summed E-state index contributed by atoms with van der Waals surface area (Å²) in [5.74, 6) is -0.196. The molecule has 23 heavy (non-hydrogen) atoms. The van der Waals surface area contributed by atoms with Gasteiger partial charge in [-0.3, -0.25) is 9.59 Å². The molecular formula is C18H18N2O3. The number of amides is 2. The van der Waals surface area contributed by atoms with Gasteiger partial charge < -0.3 is 15.4 Å². The lowest BCUT2D eigenvalue weighted by Crippen LogP contribution is -2.29. The fraction of sp³-hybridized carbons (Fsp3) is 0.111. The summed E-state index contributed by atoms with van der Waals surface area (Å²) in [7, 11) is 1.53. The minimum absolute atomic E-state index is 0.162. The zero-order valence-corrected chi connectivity index (χ0v) is 13.0. The summed E-state index contributed by atoms with van der Waals surface area (Å²) in [5.41, 5.74) is 1.50. The third-order valence-electron chi connectivity index (χ3n) is 3.02. The zero-order chi connectivity index (χ0) is 16.7. The highest BCUT2D eigenvalue weighted by Crippen LogP contribution is 2.23. The van der Waals surface area contributed by atoms with Gasteiger partial charge in [0.1, 0.15) is 11.4 Å². The van der Waals surface area contributed by atoms with E-state index in [2.05, 4.69) is 10.6 Å². The predicted octanol–water partition coefficient (Wildman–Crippen LogP) is 2.81. The molecule has 0 atom stereocenters. The highest BCUT2D eigenvalue weighted by molar-refractivity contribution is 6.09. The molecule has 0 aliphatic carbocycles. The van der Waals surface area contributed by atoms with Gasteiger partial charge in [0.25, 0.3) is 5.91 Å². The minimum atomic E-state index is -0.423. The first-order valence-corrected chi connectivity index (χ1v) is 7.09. The summed E-state index contributed by atoms with van der Waals surface area (Å²) in [4.78, 5) is 23.8. The monoisotopic (exact) mass is 310 g/mol. The second-order valence-electron chi connectivity index (χ2n) is 4.80. The quantitative estimate of drug-likeness (QED) is 0.835. The Balaban J connectivity index is 2.27. The van der Waals surface area contributed by atoms with E-state index < -0.39 is 5.91 Å². The van der Waals surface area contributed by atoms with E-state index in [0.717, 1.165) is 5.56 Å². The number of anilines is 1. The molecule has 2 aromatic carbocycles. The molecule has 0 saturated heterocycles. The number of benzene rings is 2. The number of methoxy groups -OCH3 is 1. The first-order chi connectivity index (χ1) is 11.1. The molecule has 2 N–H and O–H groups in total. The van der Waals surface area contributed by atoms with Gasteiger partial charge in [-0.2, -0.15) is 0 Å². The lowest BCUT2D eigenvalue weighted by molar-refractivity contribution is -0.120. The maximum absolute atomic E-state index is 12.5. The fourth-order valence-corrected chi connectivity index (χ4v) is 2.00. The Morgan fingerprint density at radius 2 is 1.65 bits per heavy atom. The Bertz CT molecular complexity index is 724. The van der Waals surface area contributed by atoms with Crippen LogP contribution in [0.4, 0.5) is 5.69 Å². The average molecular weight is 310 g/mol. The molecule has 0 unspecified atom stereocenters. The van der Waals surface area contributed by atoms with Crippen LogP contribution in [0.25, 0.3) is 6.08 Å². The van der Waals surface area contributed by atoms with Crippen LogP contribution < -0.4 is 15.4 Å². The first kappa shape index (κ1) is 16.3. The standard InChI is InChI=1S/C18H18N2O3/c1-13(21)19-16(12-14-8-4-3-5-9-14)18(22)20-15-10-6-7-11-17(15)23-2/h3-12H,1-2H3,(H,19,21)(H,20,22)/b16-12-. The molecule has 5 nitrogen and oxygen atoms in total. The van der Waals surface area contributed by atoms with Crippen molar-refractivity contribution in [2.75, 3.05) is 12.4 Å². The number of carbonyl (C=O) groups is 2. The third-order valence-corrected chi connectivity index (χ3v) is 3.02. The number of ether oxygens (including phenoxy) is 1. The van der Waals surface area contributed by atoms with Gasteiger partial charge in [0.15, 0.2) is 0 Å². The van der Waals surface area contributed by atoms with E-state index in [9.17, 15) is 9.59 Å². The van der Waals surface area contributed by atoms with Crippen molar-refractivity contribution < 1.29 is 14.3 Å². The van der Waals surface area contributed by atoms with Gasteiger partial charge in [0, 0.05) is 6.92 Å². The van der Waals surface area contributed by atoms with Crippen LogP contribution >= 0.6 is 0 Å². The average Bonchev–Trinajstić information content (AvgIpc) is 2.55. The van der Waals surface area contributed by atoms with Gasteiger partial charge >= 0.3 is 0 Å². The summed E-state index contributed by atoms with van der Waals surface area (Å²) in [5, 5.41) is 5.30. The molecule has 2 amide bonds. The molecule has 0 saturated carbocycles. The Labute approximate surface area is 135 Å². The van der Waals surface area contributed by atoms with E-state index in [1.54, 1.807) is 24.3 Å². The molecule has 0 fully saturated rings. The molecule has 0 radical (unpaired) electrons. The van der Waals surface area contributed by atoms with Crippen LogP contribution in [0.15, 0.2) is 60.3 Å². The van der Waals surface area contributed by atoms with Crippen molar-refractivity contribution in [1.82, 2.24) is 5.32 Å². The number of nitrogens with one attached hydrogen (secondary N) is 2. The van der Waals surface area contributed by atoms with Gasteiger partial charge in [0.05, 0.1) is 12.8 Å². The smallest absolute Gasteiger partial charge is 0.272 e. The van der Waals surface area contributed by atoms with Crippen molar-refractivity contribution >= 4 is 23.6 Å². The second kappa shape index (κ2) is 7.79. The van der Waals surface area contributed by atoms with Gasteiger partial charge in [-0.25, -0.2) is 0 Å². The van der Waals surface area contributed by atoms with Crippen LogP contribution in [0.2, 0.25) is 0 Å². The molecule has 0 aliphatic rings. The van der Waals surface area contributed by atoms with Gasteiger partial charge in [-0.05, 0) is 23.8 Å². The molecule has 118 valence electrons. The van der Waals surface area contributed by atoms with E-state index >= 15 is 0 Å². The van der Waals surface area contributed by atoms with Crippen LogP contribution in [-0.4, -0.2) is 18.9 Å². The van der Waals surface area contributed by atoms with Crippen LogP contribution in [0.1, 0.15) is 12.5 Å². The molecule has 0 bridgehead atoms. The lowest BCUT2D eigenvalue weighted by atomic mass is 10.2. The molecule has 5 heteroatoms. The Morgan fingerprint density at radius 1 is 1.00 bits per heavy atom. The van der Waals surface area contributed by atoms with Crippen molar-refractivity contribution in [2.24, 2.45) is 0 Å². The fourth-order valence-electron chi connectivity index (χ4n) is 2.00. The van der Waals surface area contributed by atoms with Gasteiger partial charge in [-0.15, -0.1) is 0 Å². The number of rotatable bonds is 5. The summed E-state index contributed by atoms with van der Waals surface area (Å²) in [6.45, 7) is 1.36. The maximum Gasteiger partial charge on any atom is 0.272 e. The molecule has 2 aromatic rings. The topological polar surface area (TPSA) is 67.4 Å². The zero-order valence-electron chi connectivity index (χ0n) is 13.0. The summed E-state index contributed by atoms with van der Waals surface area (Å²) in [6, 6.07) is 16.4. The largest absolute Gasteiger partial charge is 0.495 e. The van der Waals surface area contributed by atoms with E-state index in [0.29, 0.717) is 11.4 Å². The molecule has 2 rings (SSSR count). The predicted molar refractivity (Wildman–Crippen MR) is 89.9 cm³/mol. The Kier molecular flexibility index (Phi) is 5.52. The van der Waals surface area contributed by atoms with Crippen LogP contribution in [0.5, 0.6) is 5.75 Å². The van der Waals surface area contributed by atoms with E-state index in [1.807, 2.05) is 36.4 Å². The Hall–Kier alpha value is -3.08. The van der Waals surface area contributed by atoms with E-state index in [-0.39, 0.29) is 11.6 Å². The third kappa shape index (κ3) is 4.71. The van der Waals surface area contributed by atoms with E-state index in [1.165, 1.54) is 14.0 Å². The summed E-state index contributed by atoms with van der Waals surface area (Å²) >= 11 is 0. The number of carbonyl (C=O) groups excluding carboxylic acids is 2. The molecule has 0 heterocycles. The maximum atomic E-state index is 12.5. The van der Waals surface area contributed by atoms with Crippen molar-refractivity contribution in [2.45, 2.75) is 6.92 Å². The van der Waals surface area contributed by atoms with Crippen LogP contribution in [0.3, 0.4) is 0 Å². The number of para-hydroxylation sites is 2. The SMILES string of the molecule is COc1ccccc1NC(=O)/C(=C/c1ccccc1)NC(C)=O. The lowest BCUT2D eigenvalue weighted by Gasteiger charge is -2.12. The highest BCUT2D eigenvalue weighted by atomic mass is 16.5. The minimum Gasteiger partial charge on any atom is -0.495 e. The van der Waals surface area contributed by atoms with Crippen molar-refractivity contribution in [3.63, 3.8) is 0 Å². The van der Waals surface area contributed by atoms with Crippen molar-refractivity contribution in [1.29, 1.82) is 0 Å². The van der Waals surface area contributed by atoms with Gasteiger partial charge in [0.2, 0.25) is 5.91 Å². The number of hydrogen-bond acceptors (Lipinski definition) is 3. The number of hydrogen-bond donors (Lipinski definition) is 2. The van der Waals surface area contributed by atoms with Crippen molar-refractivity contribution in [3.8, 4) is 5.75 Å². The molecule has 0 spiro atoms. The van der Waals surface area contributed by atoms with Gasteiger partial charge in [-0.1, -0.05) is 42.5 Å². The van der Waals surface area contributed by atoms with Crippen LogP contribution in [-0.2, 0) is 9.59 Å². The molecular weight excluding hydrogens is 292 g/mol. The first-order valence-electron chi connectivity index (χ1n) is 7.09. The normalized spacial score (nSPS) is 10.8. The Morgan fingerprint density at radius 3 is 2.30 bits per heavy atom. The van der Waals surface area contributed by atoms with Crippen molar-refractivity contribution in [3.05, 3.63) is 65.9 Å². The highest BCUT2D eigenvalue weighted by Gasteiger charge is 2.13. The molecule has 0 aliphatic heterocycles. The summed E-state index contributed by atoms with van der Waals surface area (Å²) < 4.78 is 5.20. The van der Waals surface area contributed by atoms with E-state index in [4.69, 9.17) is 4.74 Å². The van der Waals surface area contributed by atoms with Crippen LogP contribution in [0, 0.1) is 0 Å².